The molecule has 0 aliphatic carbocycles. The standard InChI is InChI=1S/C13H15F3O4/c14-13(15,16)11(17)6-3-9-1-4-10(5-2-9)20-8-7-12(18)19/h1-2,4-5,12,18-19H,3,6-8H2. The lowest BCUT2D eigenvalue weighted by molar-refractivity contribution is -0.171. The number of aliphatic hydroxyl groups is 2. The molecule has 1 aromatic rings. The third-order valence-electron chi connectivity index (χ3n) is 2.53. The van der Waals surface area contributed by atoms with Gasteiger partial charge in [-0.25, -0.2) is 0 Å². The Hall–Kier alpha value is -1.60. The minimum atomic E-state index is -4.78. The summed E-state index contributed by atoms with van der Waals surface area (Å²) in [7, 11) is 0. The first kappa shape index (κ1) is 16.5. The quantitative estimate of drug-likeness (QED) is 0.752. The Morgan fingerprint density at radius 3 is 2.30 bits per heavy atom. The van der Waals surface area contributed by atoms with Gasteiger partial charge in [0, 0.05) is 12.8 Å². The lowest BCUT2D eigenvalue weighted by Gasteiger charge is -2.08. The maximum absolute atomic E-state index is 12.0. The third-order valence-corrected chi connectivity index (χ3v) is 2.53. The van der Waals surface area contributed by atoms with Gasteiger partial charge >= 0.3 is 6.18 Å². The first-order chi connectivity index (χ1) is 9.29. The molecule has 0 heterocycles. The van der Waals surface area contributed by atoms with E-state index in [1.165, 1.54) is 0 Å². The first-order valence-electron chi connectivity index (χ1n) is 5.97. The van der Waals surface area contributed by atoms with E-state index in [1.54, 1.807) is 24.3 Å². The molecule has 0 amide bonds. The van der Waals surface area contributed by atoms with Crippen molar-refractivity contribution in [2.45, 2.75) is 31.7 Å². The van der Waals surface area contributed by atoms with Crippen molar-refractivity contribution in [2.24, 2.45) is 0 Å². The summed E-state index contributed by atoms with van der Waals surface area (Å²) in [5.41, 5.74) is 0.595. The van der Waals surface area contributed by atoms with Crippen LogP contribution in [-0.2, 0) is 11.2 Å². The van der Waals surface area contributed by atoms with Gasteiger partial charge < -0.3 is 14.9 Å². The maximum Gasteiger partial charge on any atom is 0.449 e. The fourth-order valence-electron chi connectivity index (χ4n) is 1.43. The number of benzene rings is 1. The van der Waals surface area contributed by atoms with E-state index in [0.717, 1.165) is 0 Å². The molecule has 0 bridgehead atoms. The predicted molar refractivity (Wildman–Crippen MR) is 64.2 cm³/mol. The number of alkyl halides is 3. The van der Waals surface area contributed by atoms with Gasteiger partial charge in [-0.1, -0.05) is 12.1 Å². The summed E-state index contributed by atoms with van der Waals surface area (Å²) in [6.07, 6.45) is -6.74. The van der Waals surface area contributed by atoms with Crippen LogP contribution in [-0.4, -0.2) is 35.1 Å². The van der Waals surface area contributed by atoms with Crippen molar-refractivity contribution in [2.75, 3.05) is 6.61 Å². The molecule has 2 N–H and O–H groups in total. The number of hydrogen-bond donors (Lipinski definition) is 2. The van der Waals surface area contributed by atoms with Crippen LogP contribution in [0.1, 0.15) is 18.4 Å². The maximum atomic E-state index is 12.0. The molecule has 0 aromatic heterocycles. The van der Waals surface area contributed by atoms with Crippen LogP contribution in [0.25, 0.3) is 0 Å². The van der Waals surface area contributed by atoms with E-state index < -0.39 is 24.7 Å². The minimum Gasteiger partial charge on any atom is -0.493 e. The van der Waals surface area contributed by atoms with Gasteiger partial charge in [-0.3, -0.25) is 4.79 Å². The van der Waals surface area contributed by atoms with Crippen molar-refractivity contribution in [1.29, 1.82) is 0 Å². The lowest BCUT2D eigenvalue weighted by Crippen LogP contribution is -2.22. The van der Waals surface area contributed by atoms with Gasteiger partial charge in [0.1, 0.15) is 5.75 Å². The zero-order valence-corrected chi connectivity index (χ0v) is 10.6. The van der Waals surface area contributed by atoms with E-state index >= 15 is 0 Å². The van der Waals surface area contributed by atoms with Crippen LogP contribution >= 0.6 is 0 Å². The molecule has 4 nitrogen and oxygen atoms in total. The molecule has 0 fully saturated rings. The lowest BCUT2D eigenvalue weighted by atomic mass is 10.1. The Bertz CT molecular complexity index is 426. The van der Waals surface area contributed by atoms with Crippen LogP contribution in [0.2, 0.25) is 0 Å². The van der Waals surface area contributed by atoms with Gasteiger partial charge in [-0.15, -0.1) is 0 Å². The van der Waals surface area contributed by atoms with E-state index in [1.807, 2.05) is 0 Å². The molecule has 0 saturated carbocycles. The van der Waals surface area contributed by atoms with Crippen LogP contribution < -0.4 is 4.74 Å². The van der Waals surface area contributed by atoms with Crippen molar-refractivity contribution >= 4 is 5.78 Å². The Kier molecular flexibility index (Phi) is 5.97. The van der Waals surface area contributed by atoms with Crippen molar-refractivity contribution in [1.82, 2.24) is 0 Å². The molecule has 0 spiro atoms. The molecule has 0 saturated heterocycles. The van der Waals surface area contributed by atoms with Gasteiger partial charge in [-0.05, 0) is 24.1 Å². The third kappa shape index (κ3) is 6.03. The number of ketones is 1. The smallest absolute Gasteiger partial charge is 0.449 e. The van der Waals surface area contributed by atoms with Gasteiger partial charge in [0.05, 0.1) is 6.61 Å². The molecule has 1 rings (SSSR count). The normalized spacial score (nSPS) is 11.7. The Morgan fingerprint density at radius 1 is 1.20 bits per heavy atom. The number of aryl methyl sites for hydroxylation is 1. The summed E-state index contributed by atoms with van der Waals surface area (Å²) >= 11 is 0. The number of ether oxygens (including phenoxy) is 1. The van der Waals surface area contributed by atoms with Crippen molar-refractivity contribution < 1.29 is 32.9 Å². The van der Waals surface area contributed by atoms with E-state index in [9.17, 15) is 18.0 Å². The highest BCUT2D eigenvalue weighted by atomic mass is 19.4. The second-order valence-corrected chi connectivity index (χ2v) is 4.18. The van der Waals surface area contributed by atoms with Crippen LogP contribution in [0.3, 0.4) is 0 Å². The minimum absolute atomic E-state index is 0.00791. The zero-order chi connectivity index (χ0) is 15.2. The molecular formula is C13H15F3O4. The van der Waals surface area contributed by atoms with Gasteiger partial charge in [0.2, 0.25) is 5.78 Å². The number of hydrogen-bond acceptors (Lipinski definition) is 4. The largest absolute Gasteiger partial charge is 0.493 e. The van der Waals surface area contributed by atoms with E-state index in [-0.39, 0.29) is 19.4 Å². The molecule has 0 radical (unpaired) electrons. The Labute approximate surface area is 113 Å². The molecule has 0 aliphatic rings. The Balaban J connectivity index is 2.41. The highest BCUT2D eigenvalue weighted by Gasteiger charge is 2.37. The zero-order valence-electron chi connectivity index (χ0n) is 10.6. The van der Waals surface area contributed by atoms with Crippen LogP contribution in [0.5, 0.6) is 5.75 Å². The number of carbonyl (C=O) groups is 1. The number of aliphatic hydroxyl groups excluding tert-OH is 1. The molecule has 0 unspecified atom stereocenters. The first-order valence-corrected chi connectivity index (χ1v) is 5.97. The SMILES string of the molecule is O=C(CCc1ccc(OCCC(O)O)cc1)C(F)(F)F. The number of Topliss-reactive ketones (excluding diaryl/α,β-unsaturated/α-hetero) is 1. The number of rotatable bonds is 7. The van der Waals surface area contributed by atoms with Crippen molar-refractivity contribution in [3.8, 4) is 5.75 Å². The molecule has 0 aliphatic heterocycles. The van der Waals surface area contributed by atoms with Gasteiger partial charge in [-0.2, -0.15) is 13.2 Å². The topological polar surface area (TPSA) is 66.8 Å². The molecule has 0 atom stereocenters. The summed E-state index contributed by atoms with van der Waals surface area (Å²) in [6, 6.07) is 6.23. The molecular weight excluding hydrogens is 277 g/mol. The highest BCUT2D eigenvalue weighted by molar-refractivity contribution is 5.84. The van der Waals surface area contributed by atoms with E-state index in [0.29, 0.717) is 11.3 Å². The van der Waals surface area contributed by atoms with Crippen LogP contribution in [0.4, 0.5) is 13.2 Å². The van der Waals surface area contributed by atoms with Crippen LogP contribution in [0.15, 0.2) is 24.3 Å². The summed E-state index contributed by atoms with van der Waals surface area (Å²) in [6.45, 7) is 0.115. The van der Waals surface area contributed by atoms with Crippen molar-refractivity contribution in [3.05, 3.63) is 29.8 Å². The fourth-order valence-corrected chi connectivity index (χ4v) is 1.43. The summed E-state index contributed by atoms with van der Waals surface area (Å²) < 4.78 is 41.2. The van der Waals surface area contributed by atoms with Crippen LogP contribution in [0, 0.1) is 0 Å². The monoisotopic (exact) mass is 292 g/mol. The molecule has 20 heavy (non-hydrogen) atoms. The van der Waals surface area contributed by atoms with Gasteiger partial charge in [0.25, 0.3) is 0 Å². The second kappa shape index (κ2) is 7.25. The van der Waals surface area contributed by atoms with Crippen molar-refractivity contribution in [3.63, 3.8) is 0 Å². The number of halogens is 3. The van der Waals surface area contributed by atoms with Gasteiger partial charge in [0.15, 0.2) is 6.29 Å². The summed E-state index contributed by atoms with van der Waals surface area (Å²) in [5, 5.41) is 17.2. The molecule has 7 heteroatoms. The van der Waals surface area contributed by atoms with E-state index in [4.69, 9.17) is 14.9 Å². The highest BCUT2D eigenvalue weighted by Crippen LogP contribution is 2.20. The Morgan fingerprint density at radius 2 is 1.80 bits per heavy atom. The fraction of sp³-hybridized carbons (Fsp3) is 0.462. The second-order valence-electron chi connectivity index (χ2n) is 4.18. The molecule has 112 valence electrons. The number of carbonyl (C=O) groups excluding carboxylic acids is 1. The predicted octanol–water partition coefficient (Wildman–Crippen LogP) is 1.83. The molecule has 1 aromatic carbocycles. The average Bonchev–Trinajstić information content (AvgIpc) is 2.36. The summed E-state index contributed by atoms with van der Waals surface area (Å²) in [4.78, 5) is 10.7. The van der Waals surface area contributed by atoms with E-state index in [2.05, 4.69) is 0 Å². The summed E-state index contributed by atoms with van der Waals surface area (Å²) in [5.74, 6) is -1.27. The average molecular weight is 292 g/mol.